The highest BCUT2D eigenvalue weighted by molar-refractivity contribution is 5.80. The zero-order valence-electron chi connectivity index (χ0n) is 14.7. The third kappa shape index (κ3) is 2.46. The third-order valence-electron chi connectivity index (χ3n) is 6.55. The van der Waals surface area contributed by atoms with E-state index >= 15 is 0 Å². The van der Waals surface area contributed by atoms with Crippen molar-refractivity contribution in [1.29, 1.82) is 0 Å². The Morgan fingerprint density at radius 2 is 1.92 bits per heavy atom. The van der Waals surface area contributed by atoms with E-state index in [9.17, 15) is 9.59 Å². The van der Waals surface area contributed by atoms with Crippen molar-refractivity contribution < 1.29 is 23.8 Å². The maximum atomic E-state index is 12.7. The minimum Gasteiger partial charge on any atom is -0.463 e. The zero-order valence-corrected chi connectivity index (χ0v) is 14.7. The zero-order chi connectivity index (χ0) is 17.1. The summed E-state index contributed by atoms with van der Waals surface area (Å²) in [5, 5.41) is 0. The summed E-state index contributed by atoms with van der Waals surface area (Å²) in [6, 6.07) is 0.192. The van der Waals surface area contributed by atoms with Crippen molar-refractivity contribution in [3.8, 4) is 0 Å². The van der Waals surface area contributed by atoms with Crippen LogP contribution < -0.4 is 0 Å². The molecule has 2 bridgehead atoms. The molecule has 24 heavy (non-hydrogen) atoms. The van der Waals surface area contributed by atoms with Gasteiger partial charge in [-0.3, -0.25) is 9.69 Å². The van der Waals surface area contributed by atoms with E-state index in [0.29, 0.717) is 13.0 Å². The first-order valence-electron chi connectivity index (χ1n) is 9.12. The number of carbonyl (C=O) groups is 2. The molecular weight excluding hydrogens is 310 g/mol. The highest BCUT2D eigenvalue weighted by Gasteiger charge is 2.56. The van der Waals surface area contributed by atoms with Gasteiger partial charge in [0.25, 0.3) is 0 Å². The molecule has 0 spiro atoms. The Labute approximate surface area is 142 Å². The first-order chi connectivity index (χ1) is 11.3. The highest BCUT2D eigenvalue weighted by Crippen LogP contribution is 2.46. The van der Waals surface area contributed by atoms with Gasteiger partial charge in [0.2, 0.25) is 0 Å². The van der Waals surface area contributed by atoms with Gasteiger partial charge in [0.15, 0.2) is 5.60 Å². The Hall–Kier alpha value is -1.14. The van der Waals surface area contributed by atoms with Crippen molar-refractivity contribution in [3.63, 3.8) is 0 Å². The van der Waals surface area contributed by atoms with Gasteiger partial charge < -0.3 is 14.2 Å². The molecule has 0 aromatic carbocycles. The molecular formula is C18H27NO5. The maximum absolute atomic E-state index is 12.7. The normalized spacial score (nSPS) is 49.1. The van der Waals surface area contributed by atoms with E-state index in [1.54, 1.807) is 6.92 Å². The number of hydrogen-bond donors (Lipinski definition) is 0. The smallest absolute Gasteiger partial charge is 0.338 e. The molecule has 6 atom stereocenters. The van der Waals surface area contributed by atoms with Gasteiger partial charge in [-0.15, -0.1) is 0 Å². The molecule has 6 heteroatoms. The summed E-state index contributed by atoms with van der Waals surface area (Å²) in [4.78, 5) is 27.6. The molecule has 0 amide bonds. The van der Waals surface area contributed by atoms with Crippen LogP contribution in [-0.4, -0.2) is 59.9 Å². The van der Waals surface area contributed by atoms with Crippen LogP contribution in [0.15, 0.2) is 0 Å². The van der Waals surface area contributed by atoms with Crippen LogP contribution in [0.25, 0.3) is 0 Å². The highest BCUT2D eigenvalue weighted by atomic mass is 16.6. The number of fused-ring (bicyclic) bond motifs is 2. The number of cyclic esters (lactones) is 1. The molecule has 0 aromatic heterocycles. The third-order valence-corrected chi connectivity index (χ3v) is 6.55. The lowest BCUT2D eigenvalue weighted by Gasteiger charge is -2.32. The van der Waals surface area contributed by atoms with Crippen LogP contribution in [0.5, 0.6) is 0 Å². The SMILES string of the molecule is C[C@@H]1C[C@@]2(C)CC(=O)O[C@@H]3CCN4CC[C@H](COC(=O)[C@]1(C)O2)[C@H]34. The molecule has 0 aliphatic carbocycles. The van der Waals surface area contributed by atoms with Crippen LogP contribution in [0.1, 0.15) is 46.5 Å². The fraction of sp³-hybridized carbons (Fsp3) is 0.889. The average Bonchev–Trinajstić information content (AvgIpc) is 3.11. The minimum atomic E-state index is -0.985. The minimum absolute atomic E-state index is 0.00290. The molecule has 4 heterocycles. The van der Waals surface area contributed by atoms with E-state index in [1.165, 1.54) is 0 Å². The van der Waals surface area contributed by atoms with Crippen molar-refractivity contribution in [2.75, 3.05) is 19.7 Å². The molecule has 6 nitrogen and oxygen atoms in total. The summed E-state index contributed by atoms with van der Waals surface area (Å²) in [6.45, 7) is 8.01. The van der Waals surface area contributed by atoms with E-state index in [4.69, 9.17) is 14.2 Å². The second-order valence-electron chi connectivity index (χ2n) is 8.43. The number of carbonyl (C=O) groups excluding carboxylic acids is 2. The Kier molecular flexibility index (Phi) is 3.69. The Bertz CT molecular complexity index is 566. The molecule has 0 saturated carbocycles. The lowest BCUT2D eigenvalue weighted by Crippen LogP contribution is -2.46. The molecule has 4 saturated heterocycles. The van der Waals surface area contributed by atoms with Gasteiger partial charge in [-0.2, -0.15) is 0 Å². The second-order valence-corrected chi connectivity index (χ2v) is 8.43. The maximum Gasteiger partial charge on any atom is 0.338 e. The first kappa shape index (κ1) is 16.3. The van der Waals surface area contributed by atoms with E-state index in [-0.39, 0.29) is 42.3 Å². The molecule has 4 rings (SSSR count). The molecule has 4 fully saturated rings. The fourth-order valence-corrected chi connectivity index (χ4v) is 5.21. The number of ether oxygens (including phenoxy) is 3. The van der Waals surface area contributed by atoms with Crippen LogP contribution in [-0.2, 0) is 23.8 Å². The molecule has 4 aliphatic heterocycles. The Balaban J connectivity index is 1.63. The number of rotatable bonds is 0. The van der Waals surface area contributed by atoms with Gasteiger partial charge in [-0.05, 0) is 45.6 Å². The van der Waals surface area contributed by atoms with E-state index in [1.807, 2.05) is 13.8 Å². The van der Waals surface area contributed by atoms with Gasteiger partial charge in [0.05, 0.1) is 24.7 Å². The standard InChI is InChI=1S/C18H27NO5/c1-11-8-17(2)9-14(20)23-13-5-7-19-6-4-12(15(13)19)10-22-16(21)18(11,3)24-17/h11-13,15H,4-10H2,1-3H3/t11-,12-,13-,15-,17+,18-/m1/s1. The molecule has 0 N–H and O–H groups in total. The second kappa shape index (κ2) is 5.43. The number of esters is 2. The van der Waals surface area contributed by atoms with Crippen molar-refractivity contribution in [1.82, 2.24) is 4.90 Å². The summed E-state index contributed by atoms with van der Waals surface area (Å²) < 4.78 is 17.6. The van der Waals surface area contributed by atoms with Crippen LogP contribution in [0.4, 0.5) is 0 Å². The summed E-state index contributed by atoms with van der Waals surface area (Å²) in [6.07, 6.45) is 2.60. The largest absolute Gasteiger partial charge is 0.463 e. The molecule has 4 aliphatic rings. The predicted molar refractivity (Wildman–Crippen MR) is 85.2 cm³/mol. The first-order valence-corrected chi connectivity index (χ1v) is 9.12. The Morgan fingerprint density at radius 3 is 2.71 bits per heavy atom. The summed E-state index contributed by atoms with van der Waals surface area (Å²) in [5.74, 6) is -0.260. The van der Waals surface area contributed by atoms with Crippen molar-refractivity contribution in [3.05, 3.63) is 0 Å². The van der Waals surface area contributed by atoms with Gasteiger partial charge in [0, 0.05) is 12.5 Å². The van der Waals surface area contributed by atoms with Gasteiger partial charge >= 0.3 is 11.9 Å². The summed E-state index contributed by atoms with van der Waals surface area (Å²) >= 11 is 0. The van der Waals surface area contributed by atoms with Gasteiger partial charge in [0.1, 0.15) is 6.10 Å². The quantitative estimate of drug-likeness (QED) is 0.625. The fourth-order valence-electron chi connectivity index (χ4n) is 5.21. The predicted octanol–water partition coefficient (Wildman–Crippen LogP) is 1.51. The molecule has 0 unspecified atom stereocenters. The van der Waals surface area contributed by atoms with Crippen molar-refractivity contribution in [2.45, 2.75) is 69.8 Å². The summed E-state index contributed by atoms with van der Waals surface area (Å²) in [5.41, 5.74) is -1.65. The average molecular weight is 337 g/mol. The van der Waals surface area contributed by atoms with Crippen LogP contribution >= 0.6 is 0 Å². The number of nitrogens with zero attached hydrogens (tertiary/aromatic N) is 1. The van der Waals surface area contributed by atoms with Crippen LogP contribution in [0.2, 0.25) is 0 Å². The van der Waals surface area contributed by atoms with Crippen LogP contribution in [0, 0.1) is 11.8 Å². The molecule has 0 radical (unpaired) electrons. The lowest BCUT2D eigenvalue weighted by atomic mass is 9.86. The van der Waals surface area contributed by atoms with Crippen molar-refractivity contribution >= 4 is 11.9 Å². The lowest BCUT2D eigenvalue weighted by molar-refractivity contribution is -0.187. The van der Waals surface area contributed by atoms with Gasteiger partial charge in [-0.25, -0.2) is 4.79 Å². The monoisotopic (exact) mass is 337 g/mol. The van der Waals surface area contributed by atoms with E-state index in [2.05, 4.69) is 4.90 Å². The Morgan fingerprint density at radius 1 is 1.17 bits per heavy atom. The van der Waals surface area contributed by atoms with Crippen LogP contribution in [0.3, 0.4) is 0 Å². The van der Waals surface area contributed by atoms with Crippen molar-refractivity contribution in [2.24, 2.45) is 11.8 Å². The van der Waals surface area contributed by atoms with E-state index < -0.39 is 11.2 Å². The van der Waals surface area contributed by atoms with E-state index in [0.717, 1.165) is 25.9 Å². The molecule has 134 valence electrons. The topological polar surface area (TPSA) is 65.1 Å². The van der Waals surface area contributed by atoms with Gasteiger partial charge in [-0.1, -0.05) is 6.92 Å². The molecule has 0 aromatic rings. The summed E-state index contributed by atoms with van der Waals surface area (Å²) in [7, 11) is 0. The number of hydrogen-bond acceptors (Lipinski definition) is 6.